The van der Waals surface area contributed by atoms with Crippen LogP contribution >= 0.6 is 23.2 Å². The van der Waals surface area contributed by atoms with Crippen LogP contribution in [0.5, 0.6) is 0 Å². The van der Waals surface area contributed by atoms with E-state index in [1.807, 2.05) is 0 Å². The lowest BCUT2D eigenvalue weighted by atomic mass is 9.73. The van der Waals surface area contributed by atoms with Crippen LogP contribution in [0.1, 0.15) is 249 Å². The number of fused-ring (bicyclic) bond motifs is 21. The summed E-state index contributed by atoms with van der Waals surface area (Å²) in [4.78, 5) is 5.08. The van der Waals surface area contributed by atoms with E-state index in [1.54, 1.807) is 50.1 Å². The predicted octanol–water partition coefficient (Wildman–Crippen LogP) is 17.9. The molecule has 8 nitrogen and oxygen atoms in total. The van der Waals surface area contributed by atoms with Crippen molar-refractivity contribution >= 4 is 23.2 Å². The van der Waals surface area contributed by atoms with E-state index in [0.717, 1.165) is 166 Å². The lowest BCUT2D eigenvalue weighted by Crippen LogP contribution is -3.00. The van der Waals surface area contributed by atoms with E-state index in [1.165, 1.54) is 256 Å². The van der Waals surface area contributed by atoms with Crippen LogP contribution in [0.2, 0.25) is 0 Å². The molecule has 21 aliphatic rings. The predicted molar refractivity (Wildman–Crippen MR) is 503 cm³/mol. The highest BCUT2D eigenvalue weighted by Gasteiger charge is 2.56. The Labute approximate surface area is 773 Å². The van der Waals surface area contributed by atoms with Gasteiger partial charge in [0.05, 0.1) is 0 Å². The molecule has 9 heterocycles. The zero-order valence-corrected chi connectivity index (χ0v) is 80.7. The normalized spacial score (nSPS) is 42.5. The minimum atomic E-state index is 0. The lowest BCUT2D eigenvalue weighted by Gasteiger charge is -2.55. The first-order valence-corrected chi connectivity index (χ1v) is 51.4. The van der Waals surface area contributed by atoms with Crippen molar-refractivity contribution in [2.45, 2.75) is 220 Å². The van der Waals surface area contributed by atoms with Gasteiger partial charge in [-0.15, -0.1) is 23.2 Å². The van der Waals surface area contributed by atoms with Gasteiger partial charge in [0.15, 0.2) is 0 Å². The van der Waals surface area contributed by atoms with Crippen LogP contribution in [0, 0.1) is 130 Å². The summed E-state index contributed by atoms with van der Waals surface area (Å²) >= 11 is 11.6. The summed E-state index contributed by atoms with van der Waals surface area (Å²) in [5.74, 6) is 26.7. The third-order valence-electron chi connectivity index (χ3n) is 41.1. The molecule has 2 N–H and O–H groups in total. The van der Waals surface area contributed by atoms with Crippen molar-refractivity contribution in [1.82, 2.24) is 9.80 Å². The van der Waals surface area contributed by atoms with Crippen molar-refractivity contribution in [3.63, 3.8) is 0 Å². The van der Waals surface area contributed by atoms with Gasteiger partial charge < -0.3 is 53.7 Å². The molecule has 0 spiro atoms. The average Bonchev–Trinajstić information content (AvgIpc) is 1.32. The lowest BCUT2D eigenvalue weighted by molar-refractivity contribution is -1.09. The van der Waals surface area contributed by atoms with Crippen molar-refractivity contribution in [3.05, 3.63) is 225 Å². The number of allylic oxidation sites excluding steroid dienone is 2. The maximum atomic E-state index is 5.84. The van der Waals surface area contributed by atoms with Crippen LogP contribution < -0.4 is 24.8 Å². The third-order valence-corrected chi connectivity index (χ3v) is 41.7. The Morgan fingerprint density at radius 3 is 0.605 bits per heavy atom. The first-order chi connectivity index (χ1) is 58.2. The van der Waals surface area contributed by atoms with Gasteiger partial charge in [0.2, 0.25) is 0 Å². The molecule has 20 fully saturated rings. The standard InChI is InChI=1S/2C38H54N2.C16H21Cl.C14H15Cl.C6H12N2.2ClH.2H2O/c2*1-25-27(3)35-19-33(25)21-37(35)31-9-5-29(6-10-31)23-39-13-16-40(17-14-39,18-15-39)24-30-7-11-32(12-8-30)38-22-34-20-36(38)28(4)26(34)2;1-10-11(2)15-7-14(10)8-16(15)13-5-3-12(9-17)4-6-13;15-9-10-1-4-12(5-2-10)14-8-11-3-6-13(14)7-11;1-2-8-5-3-7(1)4-6-8;;;;/h2*5-12,25-28,33-38H,13-24H2,1-4H3;3-6,10-11,14-16H,7-9H2,1-2H3;1-6,11,13-14H,7-9H2;1-6H2;2*1H;2*1H2/q2*+2;;;;;;;/p-4. The SMILES string of the molecule is C1CN2CCN1CC2.CC1C2CC(c3ccc(CCl)cc3)C(C2)C1C.CC1C2CC(c3ccc(C[N+]45CC[N+](Cc6ccc(C7CC8CC7C(C)C8C)cc6)(CC4)CC5)cc3)C(C2)C1C.CC1C2CC(c3ccc(C[N+]45CC[N+](Cc6ccc(C7CC8CC7C(C)C8C)cc6)(CC4)CC5)cc3)C(C2)C1C.ClCc1ccc(C2CC3C=CC2C3)cc1.[Cl-].[Cl-].[OH-].[OH-]. The second-order valence-electron chi connectivity index (χ2n) is 46.1. The minimum Gasteiger partial charge on any atom is -1.00 e. The molecule has 18 bridgehead atoms. The van der Waals surface area contributed by atoms with E-state index in [9.17, 15) is 0 Å². The van der Waals surface area contributed by atoms with Crippen molar-refractivity contribution in [2.24, 2.45) is 130 Å². The zero-order valence-electron chi connectivity index (χ0n) is 77.7. The summed E-state index contributed by atoms with van der Waals surface area (Å²) in [6, 6.07) is 58.1. The number of hydrogen-bond donors (Lipinski definition) is 0. The van der Waals surface area contributed by atoms with E-state index in [4.69, 9.17) is 23.2 Å². The number of halogens is 4. The molecule has 11 saturated carbocycles. The number of hydrogen-bond acceptors (Lipinski definition) is 4. The summed E-state index contributed by atoms with van der Waals surface area (Å²) in [5, 5.41) is 0. The summed E-state index contributed by atoms with van der Waals surface area (Å²) in [5.41, 5.74) is 18.4. The molecule has 28 unspecified atom stereocenters. The molecule has 0 amide bonds. The maximum Gasteiger partial charge on any atom is 0.129 e. The molecular formula is C112H158Cl4N6O2. The summed E-state index contributed by atoms with van der Waals surface area (Å²) < 4.78 is 5.34. The summed E-state index contributed by atoms with van der Waals surface area (Å²) in [6.45, 7) is 54.3. The fourth-order valence-corrected chi connectivity index (χ4v) is 32.2. The number of quaternary nitrogens is 4. The van der Waals surface area contributed by atoms with Crippen LogP contribution in [-0.4, -0.2) is 156 Å². The Morgan fingerprint density at radius 1 is 0.242 bits per heavy atom. The second-order valence-corrected chi connectivity index (χ2v) is 46.6. The molecule has 6 aromatic rings. The van der Waals surface area contributed by atoms with Crippen LogP contribution in [0.25, 0.3) is 0 Å². The van der Waals surface area contributed by atoms with Gasteiger partial charge >= 0.3 is 0 Å². The number of piperazine rings is 9. The monoisotopic (exact) mass is 1760 g/mol. The first-order valence-electron chi connectivity index (χ1n) is 50.3. The number of nitrogens with zero attached hydrogens (tertiary/aromatic N) is 6. The molecule has 124 heavy (non-hydrogen) atoms. The highest BCUT2D eigenvalue weighted by atomic mass is 35.5. The van der Waals surface area contributed by atoms with Gasteiger partial charge in [-0.3, -0.25) is 9.80 Å². The number of rotatable bonds is 16. The quantitative estimate of drug-likeness (QED) is 0.0550. The van der Waals surface area contributed by atoms with Crippen molar-refractivity contribution in [2.75, 3.05) is 118 Å². The van der Waals surface area contributed by atoms with E-state index in [0.29, 0.717) is 11.8 Å². The highest BCUT2D eigenvalue weighted by molar-refractivity contribution is 6.17. The van der Waals surface area contributed by atoms with Crippen LogP contribution in [0.3, 0.4) is 0 Å². The first kappa shape index (κ1) is 93.1. The second kappa shape index (κ2) is 38.2. The fraction of sp³-hybridized carbons (Fsp3) is 0.661. The van der Waals surface area contributed by atoms with Crippen molar-refractivity contribution < 1.29 is 53.7 Å². The Balaban J connectivity index is 0.000000125. The van der Waals surface area contributed by atoms with Crippen molar-refractivity contribution in [1.29, 1.82) is 0 Å². The van der Waals surface area contributed by atoms with Gasteiger partial charge in [0.1, 0.15) is 105 Å². The molecule has 0 aromatic heterocycles. The fourth-order valence-electron chi connectivity index (χ4n) is 31.9. The average molecular weight is 1760 g/mol. The molecule has 9 saturated heterocycles. The van der Waals surface area contributed by atoms with E-state index < -0.39 is 0 Å². The molecule has 12 aliphatic carbocycles. The van der Waals surface area contributed by atoms with Gasteiger partial charge in [0, 0.05) is 73.3 Å². The molecular weight excluding hydrogens is 1600 g/mol. The smallest absolute Gasteiger partial charge is 0.129 e. The number of benzene rings is 6. The van der Waals surface area contributed by atoms with Gasteiger partial charge in [-0.1, -0.05) is 227 Å². The Kier molecular flexibility index (Phi) is 28.7. The van der Waals surface area contributed by atoms with Gasteiger partial charge in [-0.05, 0) is 287 Å². The molecule has 12 heteroatoms. The van der Waals surface area contributed by atoms with E-state index >= 15 is 0 Å². The molecule has 0 radical (unpaired) electrons. The van der Waals surface area contributed by atoms with E-state index in [2.05, 4.69) is 237 Å². The maximum absolute atomic E-state index is 5.84. The topological polar surface area (TPSA) is 66.5 Å². The minimum absolute atomic E-state index is 0. The summed E-state index contributed by atoms with van der Waals surface area (Å²) in [7, 11) is 0. The van der Waals surface area contributed by atoms with Gasteiger partial charge in [0.25, 0.3) is 0 Å². The van der Waals surface area contributed by atoms with Crippen LogP contribution in [0.4, 0.5) is 0 Å². The third kappa shape index (κ3) is 18.2. The van der Waals surface area contributed by atoms with Gasteiger partial charge in [-0.2, -0.15) is 0 Å². The Bertz CT molecular complexity index is 4040. The number of alkyl halides is 2. The Morgan fingerprint density at radius 2 is 0.444 bits per heavy atom. The zero-order chi connectivity index (χ0) is 82.1. The van der Waals surface area contributed by atoms with Crippen LogP contribution in [0.15, 0.2) is 158 Å². The van der Waals surface area contributed by atoms with Crippen LogP contribution in [-0.2, 0) is 37.9 Å². The van der Waals surface area contributed by atoms with Gasteiger partial charge in [-0.25, -0.2) is 0 Å². The molecule has 27 rings (SSSR count). The largest absolute Gasteiger partial charge is 1.00 e. The van der Waals surface area contributed by atoms with Crippen molar-refractivity contribution in [3.8, 4) is 0 Å². The molecule has 28 atom stereocenters. The molecule has 6 aromatic carbocycles. The molecule has 9 aliphatic heterocycles. The molecule has 676 valence electrons. The van der Waals surface area contributed by atoms with E-state index in [-0.39, 0.29) is 35.8 Å². The summed E-state index contributed by atoms with van der Waals surface area (Å²) in [6.07, 6.45) is 22.1. The Hall–Kier alpha value is -4.10. The highest BCUT2D eigenvalue weighted by Crippen LogP contribution is 2.63.